The number of ether oxygens (including phenoxy) is 1. The molecule has 1 heterocycles. The maximum absolute atomic E-state index is 11.0. The number of amides is 1. The second-order valence-corrected chi connectivity index (χ2v) is 6.90. The highest BCUT2D eigenvalue weighted by atomic mass is 35.5. The molecule has 6 heteroatoms. The van der Waals surface area contributed by atoms with Gasteiger partial charge in [0.2, 0.25) is 5.91 Å². The van der Waals surface area contributed by atoms with E-state index < -0.39 is 5.91 Å². The Bertz CT molecular complexity index is 1250. The summed E-state index contributed by atoms with van der Waals surface area (Å²) < 4.78 is 7.24. The van der Waals surface area contributed by atoms with Gasteiger partial charge in [-0.1, -0.05) is 48.4 Å². The SMILES string of the molecule is C#Cn1c(Oc2cccc(CC(N)=O)c2)nc2ccc(Cl)cc21.c1cc2cc-2c1. The smallest absolute Gasteiger partial charge is 0.315 e. The van der Waals surface area contributed by atoms with Crippen LogP contribution in [0.2, 0.25) is 5.02 Å². The molecule has 3 aromatic rings. The van der Waals surface area contributed by atoms with Gasteiger partial charge in [0.25, 0.3) is 0 Å². The molecule has 0 radical (unpaired) electrons. The summed E-state index contributed by atoms with van der Waals surface area (Å²) in [6.45, 7) is 0. The number of aromatic nitrogens is 2. The maximum Gasteiger partial charge on any atom is 0.315 e. The number of carbonyl (C=O) groups is 1. The normalized spacial score (nSPS) is 10.6. The van der Waals surface area contributed by atoms with Crippen LogP contribution in [0.5, 0.6) is 11.8 Å². The number of hydrogen-bond donors (Lipinski definition) is 1. The minimum absolute atomic E-state index is 0.137. The maximum atomic E-state index is 11.0. The van der Waals surface area contributed by atoms with Crippen LogP contribution in [0.15, 0.2) is 66.7 Å². The Morgan fingerprint density at radius 3 is 2.48 bits per heavy atom. The molecule has 0 unspecified atom stereocenters. The number of nitrogens with two attached hydrogens (primary N) is 1. The molecule has 5 rings (SSSR count). The van der Waals surface area contributed by atoms with Gasteiger partial charge in [-0.3, -0.25) is 4.79 Å². The number of terminal acetylenes is 1. The monoisotopic (exact) mass is 401 g/mol. The van der Waals surface area contributed by atoms with Gasteiger partial charge in [-0.15, -0.1) is 0 Å². The summed E-state index contributed by atoms with van der Waals surface area (Å²) in [4.78, 5) is 15.4. The predicted molar refractivity (Wildman–Crippen MR) is 114 cm³/mol. The summed E-state index contributed by atoms with van der Waals surface area (Å²) in [5.41, 5.74) is 10.2. The fraction of sp³-hybridized carbons (Fsp3) is 0.0435. The number of halogens is 1. The number of benzene rings is 3. The Morgan fingerprint density at radius 1 is 1.10 bits per heavy atom. The van der Waals surface area contributed by atoms with Gasteiger partial charge < -0.3 is 10.5 Å². The Balaban J connectivity index is 0.000000286. The van der Waals surface area contributed by atoms with Crippen molar-refractivity contribution < 1.29 is 9.53 Å². The van der Waals surface area contributed by atoms with Crippen LogP contribution in [-0.4, -0.2) is 15.5 Å². The molecule has 0 saturated carbocycles. The molecule has 1 amide bonds. The van der Waals surface area contributed by atoms with E-state index in [1.807, 2.05) is 0 Å². The van der Waals surface area contributed by atoms with Gasteiger partial charge in [-0.05, 0) is 53.1 Å². The summed E-state index contributed by atoms with van der Waals surface area (Å²) in [6, 6.07) is 23.5. The Hall–Kier alpha value is -3.75. The van der Waals surface area contributed by atoms with Gasteiger partial charge in [0.05, 0.1) is 17.5 Å². The number of nitrogens with zero attached hydrogens (tertiary/aromatic N) is 2. The van der Waals surface area contributed by atoms with Crippen molar-refractivity contribution in [3.05, 3.63) is 77.3 Å². The van der Waals surface area contributed by atoms with Gasteiger partial charge in [0.15, 0.2) is 0 Å². The lowest BCUT2D eigenvalue weighted by molar-refractivity contribution is -0.117. The topological polar surface area (TPSA) is 70.1 Å². The molecule has 2 aromatic carbocycles. The average Bonchev–Trinajstić information content (AvgIpc) is 3.13. The van der Waals surface area contributed by atoms with E-state index in [1.165, 1.54) is 15.7 Å². The number of fused-ring (bicyclic) bond motifs is 2. The van der Waals surface area contributed by atoms with Crippen molar-refractivity contribution >= 4 is 28.5 Å². The van der Waals surface area contributed by atoms with Crippen molar-refractivity contribution in [2.75, 3.05) is 0 Å². The van der Waals surface area contributed by atoms with Crippen molar-refractivity contribution in [3.63, 3.8) is 0 Å². The van der Waals surface area contributed by atoms with Crippen LogP contribution in [0.1, 0.15) is 5.56 Å². The summed E-state index contributed by atoms with van der Waals surface area (Å²) >= 11 is 5.99. The van der Waals surface area contributed by atoms with Crippen LogP contribution in [0, 0.1) is 12.5 Å². The summed E-state index contributed by atoms with van der Waals surface area (Å²) in [7, 11) is 0. The van der Waals surface area contributed by atoms with Crippen LogP contribution in [-0.2, 0) is 11.2 Å². The highest BCUT2D eigenvalue weighted by molar-refractivity contribution is 6.31. The first-order valence-electron chi connectivity index (χ1n) is 8.83. The third kappa shape index (κ3) is 4.23. The number of rotatable bonds is 4. The van der Waals surface area contributed by atoms with E-state index in [-0.39, 0.29) is 12.4 Å². The molecule has 0 bridgehead atoms. The van der Waals surface area contributed by atoms with Gasteiger partial charge in [0, 0.05) is 11.1 Å². The van der Waals surface area contributed by atoms with Crippen molar-refractivity contribution in [2.24, 2.45) is 5.73 Å². The molecule has 0 atom stereocenters. The van der Waals surface area contributed by atoms with E-state index in [4.69, 9.17) is 28.5 Å². The van der Waals surface area contributed by atoms with Crippen molar-refractivity contribution in [1.82, 2.24) is 9.55 Å². The van der Waals surface area contributed by atoms with Gasteiger partial charge >= 0.3 is 6.01 Å². The molecular weight excluding hydrogens is 386 g/mol. The molecule has 29 heavy (non-hydrogen) atoms. The highest BCUT2D eigenvalue weighted by Crippen LogP contribution is 2.32. The van der Waals surface area contributed by atoms with Crippen molar-refractivity contribution in [3.8, 4) is 35.4 Å². The average molecular weight is 402 g/mol. The first kappa shape index (κ1) is 18.6. The number of primary amides is 1. The quantitative estimate of drug-likeness (QED) is 0.447. The van der Waals surface area contributed by atoms with Crippen LogP contribution in [0.25, 0.3) is 22.2 Å². The zero-order chi connectivity index (χ0) is 20.4. The van der Waals surface area contributed by atoms with Crippen LogP contribution in [0.3, 0.4) is 0 Å². The minimum Gasteiger partial charge on any atom is -0.425 e. The molecule has 2 aliphatic carbocycles. The number of imidazole rings is 1. The van der Waals surface area contributed by atoms with E-state index in [0.717, 1.165) is 5.56 Å². The second-order valence-electron chi connectivity index (χ2n) is 6.47. The van der Waals surface area contributed by atoms with E-state index in [2.05, 4.69) is 35.3 Å². The molecule has 0 aliphatic heterocycles. The number of carbonyl (C=O) groups excluding carboxylic acids is 1. The Morgan fingerprint density at radius 2 is 1.86 bits per heavy atom. The lowest BCUT2D eigenvalue weighted by Crippen LogP contribution is -2.13. The molecule has 142 valence electrons. The summed E-state index contributed by atoms with van der Waals surface area (Å²) in [5, 5.41) is 0.559. The molecule has 1 aromatic heterocycles. The molecular formula is C23H16ClN3O2. The highest BCUT2D eigenvalue weighted by Gasteiger charge is 2.12. The number of hydrogen-bond acceptors (Lipinski definition) is 3. The van der Waals surface area contributed by atoms with Crippen LogP contribution >= 0.6 is 11.6 Å². The Labute approximate surface area is 172 Å². The van der Waals surface area contributed by atoms with Crippen molar-refractivity contribution in [1.29, 1.82) is 0 Å². The first-order valence-corrected chi connectivity index (χ1v) is 9.21. The predicted octanol–water partition coefficient (Wildman–Crippen LogP) is 4.62. The fourth-order valence-corrected chi connectivity index (χ4v) is 3.09. The third-order valence-corrected chi connectivity index (χ3v) is 4.55. The first-order chi connectivity index (χ1) is 14.0. The summed E-state index contributed by atoms with van der Waals surface area (Å²) in [5.74, 6) is 0.106. The van der Waals surface area contributed by atoms with Crippen LogP contribution < -0.4 is 10.5 Å². The van der Waals surface area contributed by atoms with E-state index in [1.54, 1.807) is 42.5 Å². The largest absolute Gasteiger partial charge is 0.425 e. The third-order valence-electron chi connectivity index (χ3n) is 4.31. The molecule has 0 saturated heterocycles. The fourth-order valence-electron chi connectivity index (χ4n) is 2.92. The van der Waals surface area contributed by atoms with Crippen LogP contribution in [0.4, 0.5) is 0 Å². The zero-order valence-corrected chi connectivity index (χ0v) is 16.1. The van der Waals surface area contributed by atoms with Gasteiger partial charge in [-0.2, -0.15) is 4.98 Å². The summed E-state index contributed by atoms with van der Waals surface area (Å²) in [6.07, 6.45) is 5.69. The molecule has 5 nitrogen and oxygen atoms in total. The lowest BCUT2D eigenvalue weighted by atomic mass is 10.1. The van der Waals surface area contributed by atoms with Gasteiger partial charge in [-0.25, -0.2) is 4.57 Å². The van der Waals surface area contributed by atoms with Crippen molar-refractivity contribution in [2.45, 2.75) is 6.42 Å². The Kier molecular flexibility index (Phi) is 4.94. The lowest BCUT2D eigenvalue weighted by Gasteiger charge is -2.06. The zero-order valence-electron chi connectivity index (χ0n) is 15.3. The van der Waals surface area contributed by atoms with E-state index in [9.17, 15) is 4.79 Å². The molecule has 2 aliphatic rings. The second kappa shape index (κ2) is 7.70. The van der Waals surface area contributed by atoms with Gasteiger partial charge in [0.1, 0.15) is 5.75 Å². The minimum atomic E-state index is -0.410. The standard InChI is InChI=1S/C17H12ClN3O2.C6H4/c1-2-21-15-10-12(18)6-7-14(15)20-17(21)23-13-5-3-4-11(8-13)9-16(19)22;1-2-5-4-6(5)3-1/h1,3-8,10H,9H2,(H2,19,22);1-4H. The van der Waals surface area contributed by atoms with E-state index >= 15 is 0 Å². The molecule has 0 spiro atoms. The molecule has 2 N–H and O–H groups in total. The van der Waals surface area contributed by atoms with E-state index in [0.29, 0.717) is 21.8 Å². The molecule has 0 fully saturated rings.